The number of anilines is 1. The van der Waals surface area contributed by atoms with E-state index < -0.39 is 6.10 Å². The average molecular weight is 403 g/mol. The standard InChI is InChI=1S/C20H19ClN2O3S/c1-12-20(25)23(16-4-2-3-5-17(16)26-12)11-19(24)22-15-8-9-27-18-7-6-13(21)10-14(15)18/h2-7,10,12,15H,8-9,11H2,1H3,(H,22,24). The first-order valence-corrected chi connectivity index (χ1v) is 10.2. The molecule has 2 aromatic carbocycles. The van der Waals surface area contributed by atoms with Crippen molar-refractivity contribution in [1.82, 2.24) is 5.32 Å². The summed E-state index contributed by atoms with van der Waals surface area (Å²) < 4.78 is 5.63. The fourth-order valence-electron chi connectivity index (χ4n) is 3.42. The number of para-hydroxylation sites is 2. The Morgan fingerprint density at radius 3 is 3.00 bits per heavy atom. The number of ether oxygens (including phenoxy) is 1. The maximum absolute atomic E-state index is 12.8. The molecule has 2 aromatic rings. The van der Waals surface area contributed by atoms with Crippen molar-refractivity contribution in [3.63, 3.8) is 0 Å². The van der Waals surface area contributed by atoms with Crippen molar-refractivity contribution in [1.29, 1.82) is 0 Å². The van der Waals surface area contributed by atoms with Crippen molar-refractivity contribution in [2.45, 2.75) is 30.4 Å². The highest BCUT2D eigenvalue weighted by atomic mass is 35.5. The molecule has 0 saturated carbocycles. The van der Waals surface area contributed by atoms with Gasteiger partial charge in [-0.05, 0) is 49.2 Å². The van der Waals surface area contributed by atoms with Gasteiger partial charge in [0.15, 0.2) is 6.10 Å². The molecule has 2 atom stereocenters. The van der Waals surface area contributed by atoms with E-state index in [9.17, 15) is 9.59 Å². The van der Waals surface area contributed by atoms with Gasteiger partial charge in [0.2, 0.25) is 5.91 Å². The van der Waals surface area contributed by atoms with E-state index in [0.29, 0.717) is 16.5 Å². The normalized spacial score (nSPS) is 21.1. The Hall–Kier alpha value is -2.18. The number of carbonyl (C=O) groups is 2. The van der Waals surface area contributed by atoms with Gasteiger partial charge in [-0.1, -0.05) is 23.7 Å². The van der Waals surface area contributed by atoms with Gasteiger partial charge in [-0.25, -0.2) is 0 Å². The molecule has 0 bridgehead atoms. The fourth-order valence-corrected chi connectivity index (χ4v) is 4.71. The van der Waals surface area contributed by atoms with Gasteiger partial charge in [0.1, 0.15) is 12.3 Å². The first-order valence-electron chi connectivity index (χ1n) is 8.81. The summed E-state index contributed by atoms with van der Waals surface area (Å²) in [6.07, 6.45) is 0.215. The minimum absolute atomic E-state index is 0.0386. The van der Waals surface area contributed by atoms with Crippen molar-refractivity contribution in [3.05, 3.63) is 53.1 Å². The number of hydrogen-bond donors (Lipinski definition) is 1. The maximum Gasteiger partial charge on any atom is 0.268 e. The van der Waals surface area contributed by atoms with E-state index in [1.54, 1.807) is 30.8 Å². The van der Waals surface area contributed by atoms with E-state index >= 15 is 0 Å². The molecule has 2 aliphatic rings. The number of halogens is 1. The van der Waals surface area contributed by atoms with Crippen LogP contribution in [0.2, 0.25) is 5.02 Å². The highest BCUT2D eigenvalue weighted by Gasteiger charge is 2.33. The van der Waals surface area contributed by atoms with Crippen LogP contribution < -0.4 is 15.0 Å². The number of hydrogen-bond acceptors (Lipinski definition) is 4. The lowest BCUT2D eigenvalue weighted by atomic mass is 10.0. The van der Waals surface area contributed by atoms with Crippen LogP contribution in [0.3, 0.4) is 0 Å². The number of thioether (sulfide) groups is 1. The fraction of sp³-hybridized carbons (Fsp3) is 0.300. The zero-order valence-electron chi connectivity index (χ0n) is 14.8. The van der Waals surface area contributed by atoms with Crippen molar-refractivity contribution in [2.75, 3.05) is 17.2 Å². The monoisotopic (exact) mass is 402 g/mol. The molecule has 5 nitrogen and oxygen atoms in total. The third kappa shape index (κ3) is 3.64. The number of nitrogens with zero attached hydrogens (tertiary/aromatic N) is 1. The van der Waals surface area contributed by atoms with Gasteiger partial charge in [-0.15, -0.1) is 11.8 Å². The minimum Gasteiger partial charge on any atom is -0.479 e. The molecule has 0 aromatic heterocycles. The van der Waals surface area contributed by atoms with E-state index in [4.69, 9.17) is 16.3 Å². The van der Waals surface area contributed by atoms with Crippen LogP contribution in [-0.4, -0.2) is 30.2 Å². The number of rotatable bonds is 3. The Morgan fingerprint density at radius 1 is 1.33 bits per heavy atom. The molecule has 2 aliphatic heterocycles. The maximum atomic E-state index is 12.8. The van der Waals surface area contributed by atoms with E-state index in [2.05, 4.69) is 5.32 Å². The van der Waals surface area contributed by atoms with E-state index in [1.807, 2.05) is 30.3 Å². The lowest BCUT2D eigenvalue weighted by Crippen LogP contribution is -2.49. The third-order valence-corrected chi connectivity index (χ3v) is 6.08. The molecule has 0 radical (unpaired) electrons. The summed E-state index contributed by atoms with van der Waals surface area (Å²) in [4.78, 5) is 27.9. The molecule has 27 heavy (non-hydrogen) atoms. The smallest absolute Gasteiger partial charge is 0.268 e. The molecule has 1 N–H and O–H groups in total. The topological polar surface area (TPSA) is 58.6 Å². The van der Waals surface area contributed by atoms with Gasteiger partial charge < -0.3 is 10.1 Å². The summed E-state index contributed by atoms with van der Waals surface area (Å²) in [5, 5.41) is 3.72. The predicted molar refractivity (Wildman–Crippen MR) is 107 cm³/mol. The summed E-state index contributed by atoms with van der Waals surface area (Å²) in [5.41, 5.74) is 1.66. The van der Waals surface area contributed by atoms with Crippen molar-refractivity contribution >= 4 is 40.9 Å². The van der Waals surface area contributed by atoms with Crippen LogP contribution in [0, 0.1) is 0 Å². The summed E-state index contributed by atoms with van der Waals surface area (Å²) in [7, 11) is 0. The Morgan fingerprint density at radius 2 is 2.15 bits per heavy atom. The molecule has 0 aliphatic carbocycles. The second-order valence-corrected chi connectivity index (χ2v) is 8.16. The van der Waals surface area contributed by atoms with Gasteiger partial charge in [0.05, 0.1) is 11.7 Å². The highest BCUT2D eigenvalue weighted by molar-refractivity contribution is 7.99. The SMILES string of the molecule is CC1Oc2ccccc2N(CC(=O)NC2CCSc3ccc(Cl)cc32)C1=O. The van der Waals surface area contributed by atoms with Crippen LogP contribution in [0.5, 0.6) is 5.75 Å². The van der Waals surface area contributed by atoms with E-state index in [-0.39, 0.29) is 24.4 Å². The predicted octanol–water partition coefficient (Wildman–Crippen LogP) is 3.81. The molecule has 140 valence electrons. The first kappa shape index (κ1) is 18.2. The van der Waals surface area contributed by atoms with Crippen LogP contribution >= 0.6 is 23.4 Å². The Kier molecular flexibility index (Phi) is 5.02. The molecule has 0 fully saturated rings. The Balaban J connectivity index is 1.52. The molecular weight excluding hydrogens is 384 g/mol. The summed E-state index contributed by atoms with van der Waals surface area (Å²) in [6.45, 7) is 1.66. The van der Waals surface area contributed by atoms with Crippen LogP contribution in [0.4, 0.5) is 5.69 Å². The van der Waals surface area contributed by atoms with Gasteiger partial charge in [-0.2, -0.15) is 0 Å². The van der Waals surface area contributed by atoms with Crippen LogP contribution in [0.25, 0.3) is 0 Å². The number of fused-ring (bicyclic) bond motifs is 2. The van der Waals surface area contributed by atoms with Gasteiger partial charge in [-0.3, -0.25) is 14.5 Å². The Bertz CT molecular complexity index is 905. The number of amides is 2. The molecule has 2 heterocycles. The number of carbonyl (C=O) groups excluding carboxylic acids is 2. The minimum atomic E-state index is -0.613. The lowest BCUT2D eigenvalue weighted by Gasteiger charge is -2.33. The van der Waals surface area contributed by atoms with Gasteiger partial charge >= 0.3 is 0 Å². The summed E-state index contributed by atoms with van der Waals surface area (Å²) in [5.74, 6) is 1.13. The highest BCUT2D eigenvalue weighted by Crippen LogP contribution is 2.38. The van der Waals surface area contributed by atoms with Crippen molar-refractivity contribution < 1.29 is 14.3 Å². The van der Waals surface area contributed by atoms with Crippen LogP contribution in [0.15, 0.2) is 47.4 Å². The van der Waals surface area contributed by atoms with Gasteiger partial charge in [0.25, 0.3) is 5.91 Å². The van der Waals surface area contributed by atoms with E-state index in [0.717, 1.165) is 22.6 Å². The van der Waals surface area contributed by atoms with Crippen LogP contribution in [0.1, 0.15) is 24.9 Å². The molecule has 2 amide bonds. The zero-order valence-corrected chi connectivity index (χ0v) is 16.3. The first-order chi connectivity index (χ1) is 13.0. The quantitative estimate of drug-likeness (QED) is 0.848. The summed E-state index contributed by atoms with van der Waals surface area (Å²) >= 11 is 7.90. The molecular formula is C20H19ClN2O3S. The molecule has 0 saturated heterocycles. The lowest BCUT2D eigenvalue weighted by molar-refractivity contribution is -0.128. The molecule has 0 spiro atoms. The average Bonchev–Trinajstić information content (AvgIpc) is 2.66. The van der Waals surface area contributed by atoms with Crippen LogP contribution in [-0.2, 0) is 9.59 Å². The second kappa shape index (κ2) is 7.44. The largest absolute Gasteiger partial charge is 0.479 e. The zero-order chi connectivity index (χ0) is 19.0. The van der Waals surface area contributed by atoms with Crippen molar-refractivity contribution in [3.8, 4) is 5.75 Å². The third-order valence-electron chi connectivity index (χ3n) is 4.72. The van der Waals surface area contributed by atoms with E-state index in [1.165, 1.54) is 4.90 Å². The Labute approximate surface area is 167 Å². The second-order valence-electron chi connectivity index (χ2n) is 6.59. The molecule has 7 heteroatoms. The van der Waals surface area contributed by atoms with Gasteiger partial charge in [0, 0.05) is 15.7 Å². The molecule has 2 unspecified atom stereocenters. The number of benzene rings is 2. The van der Waals surface area contributed by atoms with Crippen molar-refractivity contribution in [2.24, 2.45) is 0 Å². The summed E-state index contributed by atoms with van der Waals surface area (Å²) in [6, 6.07) is 12.9. The molecule has 4 rings (SSSR count). The number of nitrogens with one attached hydrogen (secondary N) is 1.